The van der Waals surface area contributed by atoms with Crippen LogP contribution in [0.1, 0.15) is 23.5 Å². The number of thiophene rings is 1. The van der Waals surface area contributed by atoms with Gasteiger partial charge in [-0.05, 0) is 19.2 Å². The van der Waals surface area contributed by atoms with E-state index in [0.29, 0.717) is 10.6 Å². The third-order valence-corrected chi connectivity index (χ3v) is 6.17. The third-order valence-electron chi connectivity index (χ3n) is 4.39. The van der Waals surface area contributed by atoms with Crippen LogP contribution in [-0.4, -0.2) is 49.6 Å². The predicted molar refractivity (Wildman–Crippen MR) is 106 cm³/mol. The molecule has 0 aliphatic carbocycles. The maximum atomic E-state index is 12.5. The summed E-state index contributed by atoms with van der Waals surface area (Å²) in [6.45, 7) is 8.11. The Bertz CT molecular complexity index is 1040. The number of imidazole rings is 1. The van der Waals surface area contributed by atoms with Crippen molar-refractivity contribution < 1.29 is 4.79 Å². The molecule has 4 aromatic heterocycles. The molecule has 7 nitrogen and oxygen atoms in total. The molecule has 0 fully saturated rings. The predicted octanol–water partition coefficient (Wildman–Crippen LogP) is 3.40. The van der Waals surface area contributed by atoms with Crippen molar-refractivity contribution >= 4 is 49.6 Å². The molecular formula is C17H20N6OS2. The molecular weight excluding hydrogens is 368 g/mol. The van der Waals surface area contributed by atoms with Crippen molar-refractivity contribution in [3.63, 3.8) is 0 Å². The number of anilines is 1. The molecule has 0 saturated carbocycles. The molecule has 0 aromatic carbocycles. The normalized spacial score (nSPS) is 11.8. The second-order valence-corrected chi connectivity index (χ2v) is 7.85. The molecule has 0 bridgehead atoms. The van der Waals surface area contributed by atoms with Gasteiger partial charge in [0.1, 0.15) is 4.83 Å². The molecule has 1 N–H and O–H groups in total. The number of likely N-dealkylation sites (N-methyl/N-ethyl adjacent to an activating group) is 1. The van der Waals surface area contributed by atoms with Gasteiger partial charge in [0.05, 0.1) is 28.8 Å². The van der Waals surface area contributed by atoms with Gasteiger partial charge in [-0.2, -0.15) is 5.10 Å². The van der Waals surface area contributed by atoms with Gasteiger partial charge in [0, 0.05) is 24.3 Å². The van der Waals surface area contributed by atoms with Crippen LogP contribution >= 0.6 is 22.7 Å². The number of rotatable bonds is 7. The fourth-order valence-electron chi connectivity index (χ4n) is 2.89. The summed E-state index contributed by atoms with van der Waals surface area (Å²) in [7, 11) is 0. The Kier molecular flexibility index (Phi) is 4.75. The number of fused-ring (bicyclic) bond motifs is 3. The average Bonchev–Trinajstić information content (AvgIpc) is 3.37. The van der Waals surface area contributed by atoms with E-state index < -0.39 is 0 Å². The highest BCUT2D eigenvalue weighted by Crippen LogP contribution is 2.28. The van der Waals surface area contributed by atoms with E-state index in [-0.39, 0.29) is 5.91 Å². The maximum Gasteiger partial charge on any atom is 0.265 e. The highest BCUT2D eigenvalue weighted by atomic mass is 32.1. The number of nitrogens with one attached hydrogen (secondary N) is 1. The highest BCUT2D eigenvalue weighted by molar-refractivity contribution is 7.21. The summed E-state index contributed by atoms with van der Waals surface area (Å²) in [5.41, 5.74) is 1.69. The minimum atomic E-state index is -0.125. The second-order valence-electron chi connectivity index (χ2n) is 5.94. The number of carbonyl (C=O) groups excluding carboxylic acids is 1. The summed E-state index contributed by atoms with van der Waals surface area (Å²) in [5.74, 6) is -0.125. The number of nitrogens with zero attached hydrogens (tertiary/aromatic N) is 5. The van der Waals surface area contributed by atoms with Crippen LogP contribution in [-0.2, 0) is 6.54 Å². The fraction of sp³-hybridized carbons (Fsp3) is 0.353. The maximum absolute atomic E-state index is 12.5. The van der Waals surface area contributed by atoms with Crippen molar-refractivity contribution in [3.05, 3.63) is 34.9 Å². The first-order valence-electron chi connectivity index (χ1n) is 8.59. The van der Waals surface area contributed by atoms with Gasteiger partial charge in [-0.25, -0.2) is 4.98 Å². The van der Waals surface area contributed by atoms with E-state index in [4.69, 9.17) is 0 Å². The Morgan fingerprint density at radius 1 is 1.35 bits per heavy atom. The second kappa shape index (κ2) is 7.18. The van der Waals surface area contributed by atoms with E-state index in [2.05, 4.69) is 34.1 Å². The standard InChI is InChI=1S/C17H20N6OS2/c1-3-21(4-2)5-6-22-11-12(10-18-22)19-15(24)14-9-13-16(26-14)20-17-23(13)7-8-25-17/h7-11H,3-6H2,1-2H3,(H,19,24). The molecule has 4 rings (SSSR count). The van der Waals surface area contributed by atoms with Crippen LogP contribution in [0.2, 0.25) is 0 Å². The van der Waals surface area contributed by atoms with Crippen molar-refractivity contribution in [2.24, 2.45) is 0 Å². The summed E-state index contributed by atoms with van der Waals surface area (Å²) < 4.78 is 3.88. The van der Waals surface area contributed by atoms with Crippen LogP contribution in [0.25, 0.3) is 15.3 Å². The van der Waals surface area contributed by atoms with Crippen molar-refractivity contribution in [2.75, 3.05) is 25.0 Å². The Labute approximate surface area is 158 Å². The van der Waals surface area contributed by atoms with Crippen molar-refractivity contribution in [1.29, 1.82) is 0 Å². The van der Waals surface area contributed by atoms with E-state index in [1.807, 2.05) is 32.9 Å². The average molecular weight is 389 g/mol. The lowest BCUT2D eigenvalue weighted by molar-refractivity contribution is 0.103. The molecule has 4 heterocycles. The van der Waals surface area contributed by atoms with Crippen molar-refractivity contribution in [3.8, 4) is 0 Å². The van der Waals surface area contributed by atoms with E-state index in [1.165, 1.54) is 11.3 Å². The van der Waals surface area contributed by atoms with Crippen LogP contribution in [0.5, 0.6) is 0 Å². The van der Waals surface area contributed by atoms with Crippen LogP contribution in [0.15, 0.2) is 30.0 Å². The van der Waals surface area contributed by atoms with E-state index >= 15 is 0 Å². The van der Waals surface area contributed by atoms with Gasteiger partial charge in [0.15, 0.2) is 4.96 Å². The zero-order valence-corrected chi connectivity index (χ0v) is 16.3. The molecule has 9 heteroatoms. The molecule has 1 amide bonds. The first kappa shape index (κ1) is 17.2. The van der Waals surface area contributed by atoms with Gasteiger partial charge in [-0.1, -0.05) is 13.8 Å². The summed E-state index contributed by atoms with van der Waals surface area (Å²) in [6, 6.07) is 1.90. The minimum Gasteiger partial charge on any atom is -0.319 e. The van der Waals surface area contributed by atoms with E-state index in [9.17, 15) is 4.79 Å². The van der Waals surface area contributed by atoms with Crippen LogP contribution in [0.3, 0.4) is 0 Å². The smallest absolute Gasteiger partial charge is 0.265 e. The van der Waals surface area contributed by atoms with E-state index in [1.54, 1.807) is 17.5 Å². The quantitative estimate of drug-likeness (QED) is 0.527. The first-order chi connectivity index (χ1) is 12.7. The molecule has 136 valence electrons. The molecule has 4 aromatic rings. The topological polar surface area (TPSA) is 67.5 Å². The summed E-state index contributed by atoms with van der Waals surface area (Å²) in [4.78, 5) is 21.9. The van der Waals surface area contributed by atoms with Gasteiger partial charge >= 0.3 is 0 Å². The SMILES string of the molecule is CCN(CC)CCn1cc(NC(=O)c2cc3c(nc4sccn43)s2)cn1. The lowest BCUT2D eigenvalue weighted by Crippen LogP contribution is -2.27. The molecule has 0 aliphatic heterocycles. The molecule has 0 spiro atoms. The monoisotopic (exact) mass is 388 g/mol. The first-order valence-corrected chi connectivity index (χ1v) is 10.3. The Morgan fingerprint density at radius 2 is 2.19 bits per heavy atom. The van der Waals surface area contributed by atoms with Crippen LogP contribution < -0.4 is 5.32 Å². The number of thiazole rings is 1. The lowest BCUT2D eigenvalue weighted by atomic mass is 10.4. The van der Waals surface area contributed by atoms with Gasteiger partial charge in [0.2, 0.25) is 0 Å². The Morgan fingerprint density at radius 3 is 3.00 bits per heavy atom. The molecule has 0 radical (unpaired) electrons. The highest BCUT2D eigenvalue weighted by Gasteiger charge is 2.15. The van der Waals surface area contributed by atoms with E-state index in [0.717, 1.165) is 41.5 Å². The zero-order chi connectivity index (χ0) is 18.1. The van der Waals surface area contributed by atoms with Gasteiger partial charge in [0.25, 0.3) is 5.91 Å². The Balaban J connectivity index is 1.43. The Hall–Kier alpha value is -2.23. The van der Waals surface area contributed by atoms with Gasteiger partial charge in [-0.15, -0.1) is 22.7 Å². The van der Waals surface area contributed by atoms with Gasteiger partial charge in [-0.3, -0.25) is 13.9 Å². The fourth-order valence-corrected chi connectivity index (χ4v) is 4.58. The number of amides is 1. The third kappa shape index (κ3) is 3.25. The largest absolute Gasteiger partial charge is 0.319 e. The number of hydrogen-bond donors (Lipinski definition) is 1. The number of hydrogen-bond acceptors (Lipinski definition) is 6. The minimum absolute atomic E-state index is 0.125. The molecule has 0 atom stereocenters. The molecule has 0 aliphatic rings. The lowest BCUT2D eigenvalue weighted by Gasteiger charge is -2.17. The molecule has 0 saturated heterocycles. The molecule has 26 heavy (non-hydrogen) atoms. The number of carbonyl (C=O) groups is 1. The summed E-state index contributed by atoms with van der Waals surface area (Å²) in [6.07, 6.45) is 5.54. The molecule has 0 unspecified atom stereocenters. The summed E-state index contributed by atoms with van der Waals surface area (Å²) >= 11 is 3.00. The van der Waals surface area contributed by atoms with Crippen molar-refractivity contribution in [2.45, 2.75) is 20.4 Å². The van der Waals surface area contributed by atoms with Crippen molar-refractivity contribution in [1.82, 2.24) is 24.1 Å². The van der Waals surface area contributed by atoms with Crippen LogP contribution in [0.4, 0.5) is 5.69 Å². The van der Waals surface area contributed by atoms with Gasteiger partial charge < -0.3 is 10.2 Å². The van der Waals surface area contributed by atoms with Crippen LogP contribution in [0, 0.1) is 0 Å². The zero-order valence-electron chi connectivity index (χ0n) is 14.7. The number of aromatic nitrogens is 4. The summed E-state index contributed by atoms with van der Waals surface area (Å²) in [5, 5.41) is 9.25.